The van der Waals surface area contributed by atoms with Crippen LogP contribution in [-0.2, 0) is 4.74 Å². The van der Waals surface area contributed by atoms with Crippen molar-refractivity contribution in [3.8, 4) is 0 Å². The lowest BCUT2D eigenvalue weighted by Crippen LogP contribution is -2.28. The quantitative estimate of drug-likeness (QED) is 0.532. The maximum Gasteiger partial charge on any atom is 0.0593 e. The van der Waals surface area contributed by atoms with Crippen LogP contribution < -0.4 is 0 Å². The molecule has 0 aromatic heterocycles. The van der Waals surface area contributed by atoms with Crippen LogP contribution in [-0.4, -0.2) is 37.7 Å². The van der Waals surface area contributed by atoms with Crippen LogP contribution in [0.25, 0.3) is 0 Å². The maximum absolute atomic E-state index is 5.62. The molecule has 0 fully saturated rings. The van der Waals surface area contributed by atoms with Gasteiger partial charge < -0.3 is 9.64 Å². The minimum absolute atomic E-state index is 0.705. The van der Waals surface area contributed by atoms with Crippen LogP contribution in [0.1, 0.15) is 40.5 Å². The molecule has 0 aliphatic heterocycles. The van der Waals surface area contributed by atoms with E-state index in [-0.39, 0.29) is 0 Å². The highest BCUT2D eigenvalue weighted by atomic mass is 16.5. The van der Waals surface area contributed by atoms with Crippen LogP contribution in [0.15, 0.2) is 0 Å². The topological polar surface area (TPSA) is 12.5 Å². The van der Waals surface area contributed by atoms with E-state index in [2.05, 4.69) is 32.6 Å². The number of hydrogen-bond acceptors (Lipinski definition) is 2. The fourth-order valence-electron chi connectivity index (χ4n) is 1.34. The molecule has 0 heterocycles. The van der Waals surface area contributed by atoms with Crippen molar-refractivity contribution in [1.82, 2.24) is 4.90 Å². The number of rotatable bonds is 9. The van der Waals surface area contributed by atoms with Crippen molar-refractivity contribution in [2.75, 3.05) is 32.8 Å². The molecule has 0 bridgehead atoms. The molecule has 14 heavy (non-hydrogen) atoms. The second kappa shape index (κ2) is 9.47. The molecule has 0 aromatic carbocycles. The molecule has 0 amide bonds. The van der Waals surface area contributed by atoms with Gasteiger partial charge in [0.15, 0.2) is 0 Å². The summed E-state index contributed by atoms with van der Waals surface area (Å²) in [6.07, 6.45) is 2.45. The van der Waals surface area contributed by atoms with Crippen molar-refractivity contribution in [2.45, 2.75) is 40.5 Å². The van der Waals surface area contributed by atoms with Crippen LogP contribution in [0, 0.1) is 5.92 Å². The van der Waals surface area contributed by atoms with Crippen molar-refractivity contribution in [1.29, 1.82) is 0 Å². The van der Waals surface area contributed by atoms with Gasteiger partial charge in [-0.1, -0.05) is 34.1 Å². The summed E-state index contributed by atoms with van der Waals surface area (Å²) in [5.74, 6) is 0.705. The summed E-state index contributed by atoms with van der Waals surface area (Å²) in [5.41, 5.74) is 0. The first-order chi connectivity index (χ1) is 6.74. The number of ether oxygens (including phenoxy) is 1. The number of hydrogen-bond donors (Lipinski definition) is 0. The van der Waals surface area contributed by atoms with Gasteiger partial charge in [0.25, 0.3) is 0 Å². The van der Waals surface area contributed by atoms with Crippen LogP contribution in [0.2, 0.25) is 0 Å². The maximum atomic E-state index is 5.62. The van der Waals surface area contributed by atoms with Gasteiger partial charge in [-0.05, 0) is 25.4 Å². The molecule has 0 aliphatic carbocycles. The molecule has 86 valence electrons. The van der Waals surface area contributed by atoms with E-state index in [4.69, 9.17) is 4.74 Å². The summed E-state index contributed by atoms with van der Waals surface area (Å²) >= 11 is 0. The minimum atomic E-state index is 0.705. The first kappa shape index (κ1) is 13.9. The average molecular weight is 201 g/mol. The smallest absolute Gasteiger partial charge is 0.0593 e. The molecule has 1 unspecified atom stereocenters. The fraction of sp³-hybridized carbons (Fsp3) is 1.00. The third-order valence-corrected chi connectivity index (χ3v) is 2.64. The van der Waals surface area contributed by atoms with Crippen molar-refractivity contribution in [2.24, 2.45) is 5.92 Å². The summed E-state index contributed by atoms with van der Waals surface area (Å²) in [4.78, 5) is 2.44. The first-order valence-electron chi connectivity index (χ1n) is 6.04. The Morgan fingerprint density at radius 3 is 2.36 bits per heavy atom. The predicted octanol–water partition coefficient (Wildman–Crippen LogP) is 2.78. The lowest BCUT2D eigenvalue weighted by molar-refractivity contribution is 0.0819. The van der Waals surface area contributed by atoms with E-state index in [1.54, 1.807) is 0 Å². The van der Waals surface area contributed by atoms with Gasteiger partial charge in [-0.3, -0.25) is 0 Å². The second-order valence-corrected chi connectivity index (χ2v) is 4.02. The molecule has 0 aliphatic rings. The van der Waals surface area contributed by atoms with Gasteiger partial charge in [0, 0.05) is 13.2 Å². The van der Waals surface area contributed by atoms with Gasteiger partial charge in [-0.25, -0.2) is 0 Å². The van der Waals surface area contributed by atoms with Crippen molar-refractivity contribution in [3.05, 3.63) is 0 Å². The Hall–Kier alpha value is -0.0800. The Morgan fingerprint density at radius 2 is 1.86 bits per heavy atom. The second-order valence-electron chi connectivity index (χ2n) is 4.02. The number of nitrogens with zero attached hydrogens (tertiary/aromatic N) is 1. The fourth-order valence-corrected chi connectivity index (χ4v) is 1.34. The Morgan fingerprint density at radius 1 is 1.14 bits per heavy atom. The normalized spacial score (nSPS) is 13.5. The standard InChI is InChI=1S/C12H27NO/c1-5-8-13(7-3)9-10-14-11-12(4)6-2/h12H,5-11H2,1-4H3. The van der Waals surface area contributed by atoms with E-state index >= 15 is 0 Å². The highest BCUT2D eigenvalue weighted by molar-refractivity contribution is 4.53. The Balaban J connectivity index is 3.32. The van der Waals surface area contributed by atoms with Gasteiger partial charge in [-0.15, -0.1) is 0 Å². The lowest BCUT2D eigenvalue weighted by Gasteiger charge is -2.19. The highest BCUT2D eigenvalue weighted by Crippen LogP contribution is 2.00. The van der Waals surface area contributed by atoms with Crippen molar-refractivity contribution >= 4 is 0 Å². The van der Waals surface area contributed by atoms with E-state index < -0.39 is 0 Å². The van der Waals surface area contributed by atoms with Crippen LogP contribution >= 0.6 is 0 Å². The average Bonchev–Trinajstić information content (AvgIpc) is 2.22. The number of likely N-dealkylation sites (N-methyl/N-ethyl adjacent to an activating group) is 1. The van der Waals surface area contributed by atoms with Crippen LogP contribution in [0.5, 0.6) is 0 Å². The molecule has 0 saturated carbocycles. The Bertz CT molecular complexity index is 117. The third-order valence-electron chi connectivity index (χ3n) is 2.64. The monoisotopic (exact) mass is 201 g/mol. The summed E-state index contributed by atoms with van der Waals surface area (Å²) in [5, 5.41) is 0. The summed E-state index contributed by atoms with van der Waals surface area (Å²) in [6.45, 7) is 14.1. The highest BCUT2D eigenvalue weighted by Gasteiger charge is 2.01. The zero-order valence-electron chi connectivity index (χ0n) is 10.4. The van der Waals surface area contributed by atoms with Gasteiger partial charge in [-0.2, -0.15) is 0 Å². The lowest BCUT2D eigenvalue weighted by atomic mass is 10.1. The summed E-state index contributed by atoms with van der Waals surface area (Å²) in [7, 11) is 0. The molecule has 0 rings (SSSR count). The van der Waals surface area contributed by atoms with Gasteiger partial charge in [0.1, 0.15) is 0 Å². The largest absolute Gasteiger partial charge is 0.380 e. The van der Waals surface area contributed by atoms with E-state index in [1.165, 1.54) is 19.4 Å². The minimum Gasteiger partial charge on any atom is -0.380 e. The summed E-state index contributed by atoms with van der Waals surface area (Å²) < 4.78 is 5.62. The van der Waals surface area contributed by atoms with E-state index in [0.717, 1.165) is 26.3 Å². The zero-order chi connectivity index (χ0) is 10.8. The molecule has 2 heteroatoms. The molecule has 0 spiro atoms. The van der Waals surface area contributed by atoms with E-state index in [0.29, 0.717) is 5.92 Å². The van der Waals surface area contributed by atoms with Gasteiger partial charge in [0.2, 0.25) is 0 Å². The SMILES string of the molecule is CCCN(CC)CCOCC(C)CC. The van der Waals surface area contributed by atoms with Crippen molar-refractivity contribution < 1.29 is 4.74 Å². The van der Waals surface area contributed by atoms with Gasteiger partial charge in [0.05, 0.1) is 6.61 Å². The Labute approximate surface area is 89.6 Å². The third kappa shape index (κ3) is 7.34. The zero-order valence-corrected chi connectivity index (χ0v) is 10.4. The molecular formula is C12H27NO. The van der Waals surface area contributed by atoms with Crippen LogP contribution in [0.3, 0.4) is 0 Å². The molecule has 0 radical (unpaired) electrons. The molecule has 0 saturated heterocycles. The van der Waals surface area contributed by atoms with E-state index in [1.807, 2.05) is 0 Å². The molecule has 1 atom stereocenters. The molecule has 0 N–H and O–H groups in total. The van der Waals surface area contributed by atoms with E-state index in [9.17, 15) is 0 Å². The molecule has 2 nitrogen and oxygen atoms in total. The van der Waals surface area contributed by atoms with Gasteiger partial charge >= 0.3 is 0 Å². The first-order valence-corrected chi connectivity index (χ1v) is 6.04. The predicted molar refractivity (Wildman–Crippen MR) is 62.7 cm³/mol. The van der Waals surface area contributed by atoms with Crippen LogP contribution in [0.4, 0.5) is 0 Å². The molecule has 0 aromatic rings. The Kier molecular flexibility index (Phi) is 9.42. The molecular weight excluding hydrogens is 174 g/mol. The summed E-state index contributed by atoms with van der Waals surface area (Å²) in [6, 6.07) is 0. The van der Waals surface area contributed by atoms with Crippen molar-refractivity contribution in [3.63, 3.8) is 0 Å².